The van der Waals surface area contributed by atoms with Gasteiger partial charge in [-0.1, -0.05) is 12.1 Å². The molecule has 0 aliphatic carbocycles. The lowest BCUT2D eigenvalue weighted by atomic mass is 10.2. The number of aryl methyl sites for hydroxylation is 1. The zero-order valence-electron chi connectivity index (χ0n) is 19.7. The van der Waals surface area contributed by atoms with Crippen molar-refractivity contribution in [2.24, 2.45) is 0 Å². The molecular formula is C23H25N7O4S. The Morgan fingerprint density at radius 2 is 1.66 bits per heavy atom. The van der Waals surface area contributed by atoms with Crippen molar-refractivity contribution in [2.45, 2.75) is 25.5 Å². The first-order valence-electron chi connectivity index (χ1n) is 10.7. The van der Waals surface area contributed by atoms with Crippen molar-refractivity contribution in [1.82, 2.24) is 29.7 Å². The normalized spacial score (nSPS) is 12.2. The van der Waals surface area contributed by atoms with Crippen molar-refractivity contribution in [3.63, 3.8) is 0 Å². The summed E-state index contributed by atoms with van der Waals surface area (Å²) >= 11 is 0. The van der Waals surface area contributed by atoms with Crippen LogP contribution in [0.3, 0.4) is 0 Å². The van der Waals surface area contributed by atoms with Gasteiger partial charge in [0.2, 0.25) is 16.0 Å². The smallest absolute Gasteiger partial charge is 0.243 e. The van der Waals surface area contributed by atoms with E-state index in [2.05, 4.69) is 29.9 Å². The number of para-hydroxylation sites is 1. The first kappa shape index (κ1) is 24.1. The summed E-state index contributed by atoms with van der Waals surface area (Å²) in [5.41, 5.74) is 1.80. The van der Waals surface area contributed by atoms with Crippen molar-refractivity contribution in [1.29, 1.82) is 0 Å². The lowest BCUT2D eigenvalue weighted by molar-refractivity contribution is 0.391. The molecule has 11 nitrogen and oxygen atoms in total. The molecule has 1 atom stereocenters. The van der Waals surface area contributed by atoms with E-state index in [4.69, 9.17) is 9.47 Å². The van der Waals surface area contributed by atoms with E-state index in [-0.39, 0.29) is 12.4 Å². The number of benzene rings is 1. The fourth-order valence-corrected chi connectivity index (χ4v) is 4.35. The second kappa shape index (κ2) is 10.1. The molecule has 0 amide bonds. The molecule has 0 radical (unpaired) electrons. The Morgan fingerprint density at radius 3 is 2.26 bits per heavy atom. The van der Waals surface area contributed by atoms with Crippen molar-refractivity contribution >= 4 is 16.0 Å². The molecule has 35 heavy (non-hydrogen) atoms. The number of nitrogens with zero attached hydrogens (tertiary/aromatic N) is 6. The van der Waals surface area contributed by atoms with Crippen LogP contribution in [0.4, 0.5) is 5.95 Å². The minimum Gasteiger partial charge on any atom is -0.494 e. The molecule has 4 aromatic rings. The molecule has 0 spiro atoms. The Morgan fingerprint density at radius 1 is 0.971 bits per heavy atom. The summed E-state index contributed by atoms with van der Waals surface area (Å²) in [6.07, 6.45) is 5.04. The Balaban J connectivity index is 1.79. The summed E-state index contributed by atoms with van der Waals surface area (Å²) in [6, 6.07) is 10.5. The number of aromatic nitrogens is 6. The summed E-state index contributed by atoms with van der Waals surface area (Å²) in [5.74, 6) is 1.56. The molecule has 0 aliphatic rings. The molecule has 3 aromatic heterocycles. The summed E-state index contributed by atoms with van der Waals surface area (Å²) in [6.45, 7) is 3.44. The molecule has 182 valence electrons. The van der Waals surface area contributed by atoms with Crippen LogP contribution in [0, 0.1) is 6.92 Å². The van der Waals surface area contributed by atoms with Gasteiger partial charge in [0, 0.05) is 25.0 Å². The van der Waals surface area contributed by atoms with Gasteiger partial charge < -0.3 is 9.47 Å². The maximum Gasteiger partial charge on any atom is 0.243 e. The molecule has 1 aromatic carbocycles. The van der Waals surface area contributed by atoms with E-state index < -0.39 is 15.3 Å². The van der Waals surface area contributed by atoms with E-state index in [1.807, 2.05) is 6.92 Å². The number of hydrogen-bond donors (Lipinski definition) is 1. The number of pyridine rings is 1. The Kier molecular flexibility index (Phi) is 6.92. The largest absolute Gasteiger partial charge is 0.494 e. The van der Waals surface area contributed by atoms with Gasteiger partial charge in [0.05, 0.1) is 19.5 Å². The minimum atomic E-state index is -3.92. The second-order valence-corrected chi connectivity index (χ2v) is 9.85. The van der Waals surface area contributed by atoms with E-state index in [1.165, 1.54) is 18.8 Å². The quantitative estimate of drug-likeness (QED) is 0.372. The number of hydrogen-bond acceptors (Lipinski definition) is 9. The number of sulfonamides is 1. The number of anilines is 1. The zero-order chi connectivity index (χ0) is 25.0. The van der Waals surface area contributed by atoms with Gasteiger partial charge >= 0.3 is 0 Å². The number of ether oxygens (including phenoxy) is 2. The first-order chi connectivity index (χ1) is 16.8. The predicted molar refractivity (Wildman–Crippen MR) is 130 cm³/mol. The van der Waals surface area contributed by atoms with E-state index in [1.54, 1.807) is 61.9 Å². The summed E-state index contributed by atoms with van der Waals surface area (Å²) in [5, 5.41) is 7.53. The maximum atomic E-state index is 13.3. The van der Waals surface area contributed by atoms with Gasteiger partial charge in [-0.15, -0.1) is 10.2 Å². The zero-order valence-corrected chi connectivity index (χ0v) is 20.5. The molecule has 1 N–H and O–H groups in total. The molecule has 0 aliphatic heterocycles. The summed E-state index contributed by atoms with van der Waals surface area (Å²) < 4.78 is 41.8. The SMILES string of the molecule is COc1cccc(OC)c1-n1c(NS(=O)(=O)[C@@H](C)Cc2ncc(C)cn2)nnc1-c1ccccn1. The molecule has 3 heterocycles. The molecule has 0 fully saturated rings. The van der Waals surface area contributed by atoms with Crippen LogP contribution in [0.25, 0.3) is 17.2 Å². The van der Waals surface area contributed by atoms with Gasteiger partial charge in [0.25, 0.3) is 0 Å². The fourth-order valence-electron chi connectivity index (χ4n) is 3.39. The lowest BCUT2D eigenvalue weighted by Gasteiger charge is -2.18. The highest BCUT2D eigenvalue weighted by Gasteiger charge is 2.28. The number of rotatable bonds is 9. The third-order valence-corrected chi connectivity index (χ3v) is 6.94. The van der Waals surface area contributed by atoms with Gasteiger partial charge in [-0.3, -0.25) is 14.3 Å². The fraction of sp³-hybridized carbons (Fsp3) is 0.261. The topological polar surface area (TPSA) is 134 Å². The molecule has 0 bridgehead atoms. The third-order valence-electron chi connectivity index (χ3n) is 5.25. The van der Waals surface area contributed by atoms with Crippen LogP contribution in [0.15, 0.2) is 55.0 Å². The van der Waals surface area contributed by atoms with Gasteiger partial charge in [-0.05, 0) is 43.7 Å². The molecular weight excluding hydrogens is 470 g/mol. The van der Waals surface area contributed by atoms with Crippen molar-refractivity contribution < 1.29 is 17.9 Å². The number of nitrogens with one attached hydrogen (secondary N) is 1. The van der Waals surface area contributed by atoms with Crippen LogP contribution in [0.1, 0.15) is 18.3 Å². The van der Waals surface area contributed by atoms with Crippen molar-refractivity contribution in [3.8, 4) is 28.7 Å². The van der Waals surface area contributed by atoms with E-state index in [0.29, 0.717) is 34.5 Å². The second-order valence-electron chi connectivity index (χ2n) is 7.75. The van der Waals surface area contributed by atoms with E-state index >= 15 is 0 Å². The average molecular weight is 496 g/mol. The maximum absolute atomic E-state index is 13.3. The van der Waals surface area contributed by atoms with Crippen LogP contribution in [0.5, 0.6) is 11.5 Å². The highest BCUT2D eigenvalue weighted by Crippen LogP contribution is 2.37. The molecule has 4 rings (SSSR count). The van der Waals surface area contributed by atoms with Crippen molar-refractivity contribution in [3.05, 3.63) is 66.4 Å². The first-order valence-corrected chi connectivity index (χ1v) is 12.3. The van der Waals surface area contributed by atoms with Gasteiger partial charge in [-0.25, -0.2) is 18.4 Å². The predicted octanol–water partition coefficient (Wildman–Crippen LogP) is 2.82. The van der Waals surface area contributed by atoms with Gasteiger partial charge in [-0.2, -0.15) is 0 Å². The Bertz CT molecular complexity index is 1390. The monoisotopic (exact) mass is 495 g/mol. The van der Waals surface area contributed by atoms with Crippen LogP contribution in [0.2, 0.25) is 0 Å². The average Bonchev–Trinajstić information content (AvgIpc) is 3.27. The summed E-state index contributed by atoms with van der Waals surface area (Å²) in [4.78, 5) is 12.8. The van der Waals surface area contributed by atoms with E-state index in [9.17, 15) is 8.42 Å². The van der Waals surface area contributed by atoms with Crippen LogP contribution >= 0.6 is 0 Å². The number of methoxy groups -OCH3 is 2. The third kappa shape index (κ3) is 5.06. The van der Waals surface area contributed by atoms with E-state index in [0.717, 1.165) is 5.56 Å². The van der Waals surface area contributed by atoms with Crippen LogP contribution < -0.4 is 14.2 Å². The highest BCUT2D eigenvalue weighted by molar-refractivity contribution is 7.93. The Labute approximate surface area is 203 Å². The van der Waals surface area contributed by atoms with Crippen LogP contribution in [-0.2, 0) is 16.4 Å². The minimum absolute atomic E-state index is 0.0369. The molecule has 12 heteroatoms. The van der Waals surface area contributed by atoms with Gasteiger partial charge in [0.15, 0.2) is 5.82 Å². The highest BCUT2D eigenvalue weighted by atomic mass is 32.2. The standard InChI is InChI=1S/C23H25N7O4S/c1-15-13-25-20(26-14-15)12-16(2)35(31,32)29-23-28-27-22(17-8-5-6-11-24-17)30(23)21-18(33-3)9-7-10-19(21)34-4/h5-11,13-14,16H,12H2,1-4H3,(H,28,29)/t16-/m0/s1. The molecule has 0 saturated heterocycles. The molecule has 0 saturated carbocycles. The van der Waals surface area contributed by atoms with Crippen molar-refractivity contribution in [2.75, 3.05) is 18.9 Å². The summed E-state index contributed by atoms with van der Waals surface area (Å²) in [7, 11) is -0.895. The Hall–Kier alpha value is -4.06. The van der Waals surface area contributed by atoms with Gasteiger partial charge in [0.1, 0.15) is 28.7 Å². The molecule has 0 unspecified atom stereocenters. The van der Waals surface area contributed by atoms with Crippen LogP contribution in [-0.4, -0.2) is 57.6 Å². The lowest BCUT2D eigenvalue weighted by Crippen LogP contribution is -2.29.